The molecular weight excluding hydrogens is 370 g/mol. The lowest BCUT2D eigenvalue weighted by Gasteiger charge is -2.09. The molecule has 140 valence electrons. The summed E-state index contributed by atoms with van der Waals surface area (Å²) in [5.74, 6) is 0.736. The van der Waals surface area contributed by atoms with Crippen molar-refractivity contribution in [2.45, 2.75) is 13.0 Å². The zero-order chi connectivity index (χ0) is 19.2. The number of pyridine rings is 1. The molecule has 0 saturated heterocycles. The number of nitrogens with zero attached hydrogens (tertiary/aromatic N) is 3. The standard InChI is InChI=1S/C21H19N5OS/c27-18(24-12-15-5-4-9-22-11-15)8-10-23-20-19-17(16-6-2-1-3-7-16)13-28-21(19)26-14-25-20/h1-7,9,11,13-14H,8,10,12H2,(H,24,27)(H,23,25,26). The first-order valence-electron chi connectivity index (χ1n) is 8.98. The van der Waals surface area contributed by atoms with Gasteiger partial charge < -0.3 is 10.6 Å². The fourth-order valence-corrected chi connectivity index (χ4v) is 3.84. The normalized spacial score (nSPS) is 10.7. The van der Waals surface area contributed by atoms with Gasteiger partial charge in [0.1, 0.15) is 17.0 Å². The van der Waals surface area contributed by atoms with Gasteiger partial charge in [-0.2, -0.15) is 0 Å². The summed E-state index contributed by atoms with van der Waals surface area (Å²) in [6.07, 6.45) is 5.37. The maximum absolute atomic E-state index is 12.1. The highest BCUT2D eigenvalue weighted by molar-refractivity contribution is 7.17. The van der Waals surface area contributed by atoms with Crippen molar-refractivity contribution in [3.63, 3.8) is 0 Å². The van der Waals surface area contributed by atoms with Gasteiger partial charge in [-0.05, 0) is 17.2 Å². The van der Waals surface area contributed by atoms with Crippen LogP contribution >= 0.6 is 11.3 Å². The Kier molecular flexibility index (Phi) is 5.53. The second-order valence-corrected chi connectivity index (χ2v) is 7.09. The molecule has 0 fully saturated rings. The number of fused-ring (bicyclic) bond motifs is 1. The van der Waals surface area contributed by atoms with E-state index in [9.17, 15) is 4.79 Å². The quantitative estimate of drug-likeness (QED) is 0.502. The van der Waals surface area contributed by atoms with Crippen LogP contribution < -0.4 is 10.6 Å². The molecule has 0 unspecified atom stereocenters. The van der Waals surface area contributed by atoms with Gasteiger partial charge in [0, 0.05) is 42.8 Å². The lowest BCUT2D eigenvalue weighted by molar-refractivity contribution is -0.121. The van der Waals surface area contributed by atoms with Gasteiger partial charge in [0.15, 0.2) is 0 Å². The summed E-state index contributed by atoms with van der Waals surface area (Å²) < 4.78 is 0. The van der Waals surface area contributed by atoms with E-state index in [1.54, 1.807) is 30.1 Å². The summed E-state index contributed by atoms with van der Waals surface area (Å²) in [5, 5.41) is 9.29. The number of carbonyl (C=O) groups excluding carboxylic acids is 1. The van der Waals surface area contributed by atoms with E-state index >= 15 is 0 Å². The van der Waals surface area contributed by atoms with Crippen molar-refractivity contribution < 1.29 is 4.79 Å². The van der Waals surface area contributed by atoms with Crippen LogP contribution in [0.1, 0.15) is 12.0 Å². The SMILES string of the molecule is O=C(CCNc1ncnc2scc(-c3ccccc3)c12)NCc1cccnc1. The first kappa shape index (κ1) is 18.1. The largest absolute Gasteiger partial charge is 0.369 e. The molecule has 4 rings (SSSR count). The molecule has 4 aromatic rings. The van der Waals surface area contributed by atoms with Crippen LogP contribution in [0.3, 0.4) is 0 Å². The molecule has 0 aliphatic heterocycles. The second kappa shape index (κ2) is 8.58. The molecule has 28 heavy (non-hydrogen) atoms. The van der Waals surface area contributed by atoms with Gasteiger partial charge in [-0.15, -0.1) is 11.3 Å². The Morgan fingerprint density at radius 2 is 1.96 bits per heavy atom. The van der Waals surface area contributed by atoms with E-state index in [0.29, 0.717) is 19.5 Å². The molecule has 0 saturated carbocycles. The Labute approximate surface area is 166 Å². The van der Waals surface area contributed by atoms with Gasteiger partial charge in [0.2, 0.25) is 5.91 Å². The molecule has 0 spiro atoms. The van der Waals surface area contributed by atoms with Crippen LogP contribution in [0, 0.1) is 0 Å². The minimum Gasteiger partial charge on any atom is -0.369 e. The number of thiophene rings is 1. The van der Waals surface area contributed by atoms with Gasteiger partial charge in [0.25, 0.3) is 0 Å². The van der Waals surface area contributed by atoms with E-state index < -0.39 is 0 Å². The minimum absolute atomic E-state index is 0.0183. The molecule has 0 bridgehead atoms. The van der Waals surface area contributed by atoms with Crippen LogP contribution in [-0.2, 0) is 11.3 Å². The number of benzene rings is 1. The molecular formula is C21H19N5OS. The Hall–Kier alpha value is -3.32. The van der Waals surface area contributed by atoms with E-state index in [2.05, 4.69) is 43.1 Å². The topological polar surface area (TPSA) is 79.8 Å². The molecule has 3 heterocycles. The highest BCUT2D eigenvalue weighted by Gasteiger charge is 2.13. The van der Waals surface area contributed by atoms with Crippen LogP contribution in [0.5, 0.6) is 0 Å². The van der Waals surface area contributed by atoms with E-state index in [1.807, 2.05) is 30.3 Å². The molecule has 0 aliphatic rings. The number of nitrogens with one attached hydrogen (secondary N) is 2. The predicted octanol–water partition coefficient (Wildman–Crippen LogP) is 3.87. The van der Waals surface area contributed by atoms with Crippen molar-refractivity contribution in [2.24, 2.45) is 0 Å². The summed E-state index contributed by atoms with van der Waals surface area (Å²) in [7, 11) is 0. The van der Waals surface area contributed by atoms with Crippen molar-refractivity contribution in [1.29, 1.82) is 0 Å². The molecule has 0 aliphatic carbocycles. The third-order valence-electron chi connectivity index (χ3n) is 4.31. The zero-order valence-electron chi connectivity index (χ0n) is 15.1. The van der Waals surface area contributed by atoms with Crippen LogP contribution in [0.25, 0.3) is 21.3 Å². The zero-order valence-corrected chi connectivity index (χ0v) is 15.9. The van der Waals surface area contributed by atoms with Gasteiger partial charge in [-0.25, -0.2) is 9.97 Å². The predicted molar refractivity (Wildman–Crippen MR) is 112 cm³/mol. The van der Waals surface area contributed by atoms with E-state index in [1.165, 1.54) is 0 Å². The van der Waals surface area contributed by atoms with Crippen molar-refractivity contribution in [3.05, 3.63) is 72.1 Å². The van der Waals surface area contributed by atoms with Crippen LogP contribution in [0.15, 0.2) is 66.6 Å². The molecule has 3 aromatic heterocycles. The molecule has 0 radical (unpaired) electrons. The summed E-state index contributed by atoms with van der Waals surface area (Å²) in [6.45, 7) is 0.974. The first-order chi connectivity index (χ1) is 13.8. The maximum Gasteiger partial charge on any atom is 0.222 e. The average Bonchev–Trinajstić information content (AvgIpc) is 3.19. The van der Waals surface area contributed by atoms with Crippen LogP contribution in [0.4, 0.5) is 5.82 Å². The van der Waals surface area contributed by atoms with Crippen LogP contribution in [0.2, 0.25) is 0 Å². The number of aromatic nitrogens is 3. The number of hydrogen-bond acceptors (Lipinski definition) is 6. The van der Waals surface area contributed by atoms with Crippen LogP contribution in [-0.4, -0.2) is 27.4 Å². The number of hydrogen-bond donors (Lipinski definition) is 2. The van der Waals surface area contributed by atoms with E-state index in [-0.39, 0.29) is 5.91 Å². The third-order valence-corrected chi connectivity index (χ3v) is 5.20. The highest BCUT2D eigenvalue weighted by Crippen LogP contribution is 2.36. The molecule has 1 amide bonds. The van der Waals surface area contributed by atoms with Gasteiger partial charge in [-0.1, -0.05) is 36.4 Å². The molecule has 0 atom stereocenters. The van der Waals surface area contributed by atoms with E-state index in [0.717, 1.165) is 32.7 Å². The lowest BCUT2D eigenvalue weighted by atomic mass is 10.1. The number of anilines is 1. The monoisotopic (exact) mass is 389 g/mol. The number of carbonyl (C=O) groups is 1. The van der Waals surface area contributed by atoms with Crippen molar-refractivity contribution in [2.75, 3.05) is 11.9 Å². The van der Waals surface area contributed by atoms with Crippen molar-refractivity contribution in [3.8, 4) is 11.1 Å². The Morgan fingerprint density at radius 1 is 1.07 bits per heavy atom. The highest BCUT2D eigenvalue weighted by atomic mass is 32.1. The lowest BCUT2D eigenvalue weighted by Crippen LogP contribution is -2.25. The molecule has 6 nitrogen and oxygen atoms in total. The molecule has 1 aromatic carbocycles. The maximum atomic E-state index is 12.1. The first-order valence-corrected chi connectivity index (χ1v) is 9.86. The Balaban J connectivity index is 1.41. The molecule has 7 heteroatoms. The summed E-state index contributed by atoms with van der Waals surface area (Å²) in [6, 6.07) is 14.0. The number of rotatable bonds is 7. The third kappa shape index (κ3) is 4.15. The van der Waals surface area contributed by atoms with Crippen molar-refractivity contribution in [1.82, 2.24) is 20.3 Å². The fraction of sp³-hybridized carbons (Fsp3) is 0.143. The summed E-state index contributed by atoms with van der Waals surface area (Å²) in [4.78, 5) is 25.9. The average molecular weight is 389 g/mol. The second-order valence-electron chi connectivity index (χ2n) is 6.23. The minimum atomic E-state index is -0.0183. The molecule has 2 N–H and O–H groups in total. The summed E-state index contributed by atoms with van der Waals surface area (Å²) in [5.41, 5.74) is 3.21. The van der Waals surface area contributed by atoms with Gasteiger partial charge >= 0.3 is 0 Å². The Morgan fingerprint density at radius 3 is 2.79 bits per heavy atom. The van der Waals surface area contributed by atoms with Gasteiger partial charge in [0.05, 0.1) is 5.39 Å². The van der Waals surface area contributed by atoms with Crippen molar-refractivity contribution >= 4 is 33.3 Å². The van der Waals surface area contributed by atoms with Gasteiger partial charge in [-0.3, -0.25) is 9.78 Å². The smallest absolute Gasteiger partial charge is 0.222 e. The fourth-order valence-electron chi connectivity index (χ4n) is 2.93. The van der Waals surface area contributed by atoms with E-state index in [4.69, 9.17) is 0 Å². The Bertz CT molecular complexity index is 1070. The summed E-state index contributed by atoms with van der Waals surface area (Å²) >= 11 is 1.59. The number of amides is 1.